The van der Waals surface area contributed by atoms with Crippen LogP contribution in [0.5, 0.6) is 11.5 Å². The summed E-state index contributed by atoms with van der Waals surface area (Å²) >= 11 is 0. The van der Waals surface area contributed by atoms with Crippen molar-refractivity contribution >= 4 is 27.5 Å². The minimum Gasteiger partial charge on any atom is -0.497 e. The van der Waals surface area contributed by atoms with Crippen LogP contribution in [0, 0.1) is 0 Å². The number of benzene rings is 2. The van der Waals surface area contributed by atoms with E-state index in [-0.39, 0.29) is 37.7 Å². The number of methoxy groups -OCH3 is 2. The number of rotatable bonds is 16. The van der Waals surface area contributed by atoms with Crippen molar-refractivity contribution in [3.63, 3.8) is 0 Å². The highest BCUT2D eigenvalue weighted by molar-refractivity contribution is 7.92. The summed E-state index contributed by atoms with van der Waals surface area (Å²) in [6.45, 7) is 4.83. The summed E-state index contributed by atoms with van der Waals surface area (Å²) in [6.07, 6.45) is 3.76. The van der Waals surface area contributed by atoms with Gasteiger partial charge >= 0.3 is 0 Å². The van der Waals surface area contributed by atoms with E-state index in [1.54, 1.807) is 36.3 Å². The second kappa shape index (κ2) is 15.2. The molecule has 210 valence electrons. The van der Waals surface area contributed by atoms with Crippen LogP contribution in [0.15, 0.2) is 48.5 Å². The Kier molecular flexibility index (Phi) is 12.4. The summed E-state index contributed by atoms with van der Waals surface area (Å²) in [5, 5.41) is 2.95. The Balaban J connectivity index is 2.23. The number of sulfonamides is 1. The molecule has 0 bridgehead atoms. The van der Waals surface area contributed by atoms with Crippen molar-refractivity contribution in [1.29, 1.82) is 0 Å². The molecule has 0 spiro atoms. The van der Waals surface area contributed by atoms with Crippen molar-refractivity contribution in [2.24, 2.45) is 0 Å². The van der Waals surface area contributed by atoms with Gasteiger partial charge in [-0.25, -0.2) is 8.42 Å². The van der Waals surface area contributed by atoms with Gasteiger partial charge in [-0.3, -0.25) is 13.9 Å². The zero-order valence-corrected chi connectivity index (χ0v) is 23.9. The number of anilines is 1. The van der Waals surface area contributed by atoms with E-state index in [0.29, 0.717) is 30.2 Å². The lowest BCUT2D eigenvalue weighted by Gasteiger charge is -2.31. The third-order valence-corrected chi connectivity index (χ3v) is 7.39. The van der Waals surface area contributed by atoms with Gasteiger partial charge in [-0.1, -0.05) is 38.5 Å². The van der Waals surface area contributed by atoms with Gasteiger partial charge in [-0.15, -0.1) is 0 Å². The topological polar surface area (TPSA) is 105 Å². The molecule has 10 heteroatoms. The Morgan fingerprint density at radius 1 is 0.974 bits per heavy atom. The molecule has 0 fully saturated rings. The number of unbranched alkanes of at least 4 members (excludes halogenated alkanes) is 1. The number of nitrogens with one attached hydrogen (secondary N) is 1. The molecule has 0 aromatic heterocycles. The maximum Gasteiger partial charge on any atom is 0.242 e. The summed E-state index contributed by atoms with van der Waals surface area (Å²) < 4.78 is 36.9. The molecule has 0 radical (unpaired) electrons. The highest BCUT2D eigenvalue weighted by Crippen LogP contribution is 2.24. The van der Waals surface area contributed by atoms with Crippen molar-refractivity contribution in [2.75, 3.05) is 37.9 Å². The monoisotopic (exact) mass is 547 g/mol. The van der Waals surface area contributed by atoms with Crippen LogP contribution in [-0.4, -0.2) is 64.7 Å². The maximum atomic E-state index is 13.5. The molecule has 0 unspecified atom stereocenters. The van der Waals surface area contributed by atoms with Gasteiger partial charge in [-0.05, 0) is 49.1 Å². The van der Waals surface area contributed by atoms with Gasteiger partial charge in [0.2, 0.25) is 21.8 Å². The lowest BCUT2D eigenvalue weighted by molar-refractivity contribution is -0.141. The van der Waals surface area contributed by atoms with Crippen molar-refractivity contribution in [1.82, 2.24) is 10.2 Å². The molecule has 0 saturated heterocycles. The van der Waals surface area contributed by atoms with E-state index in [1.165, 1.54) is 11.4 Å². The predicted molar refractivity (Wildman–Crippen MR) is 150 cm³/mol. The van der Waals surface area contributed by atoms with Gasteiger partial charge in [-0.2, -0.15) is 0 Å². The molecule has 0 heterocycles. The SMILES string of the molecule is CCCCNC(=O)[C@H](CC)N(Cc1cccc(OC)c1)C(=O)CCCN(c1cccc(OC)c1)S(C)(=O)=O. The fraction of sp³-hybridized carbons (Fsp3) is 0.500. The van der Waals surface area contributed by atoms with Crippen LogP contribution < -0.4 is 19.1 Å². The third kappa shape index (κ3) is 9.24. The number of hydrogen-bond acceptors (Lipinski definition) is 6. The van der Waals surface area contributed by atoms with E-state index in [1.807, 2.05) is 38.1 Å². The van der Waals surface area contributed by atoms with E-state index in [4.69, 9.17) is 9.47 Å². The van der Waals surface area contributed by atoms with Crippen molar-refractivity contribution < 1.29 is 27.5 Å². The molecule has 2 amide bonds. The van der Waals surface area contributed by atoms with Crippen molar-refractivity contribution in [3.05, 3.63) is 54.1 Å². The van der Waals surface area contributed by atoms with Crippen LogP contribution in [0.3, 0.4) is 0 Å². The number of amides is 2. The molecule has 2 aromatic rings. The van der Waals surface area contributed by atoms with Crippen LogP contribution in [0.25, 0.3) is 0 Å². The Bertz CT molecular complexity index is 1150. The van der Waals surface area contributed by atoms with E-state index in [9.17, 15) is 18.0 Å². The standard InChI is InChI=1S/C28H41N3O6S/c1-6-8-17-29-28(33)26(7-2)30(21-22-12-9-14-24(19-22)36-3)27(32)16-11-18-31(38(5,34)35)23-13-10-15-25(20-23)37-4/h9-10,12-15,19-20,26H,6-8,11,16-18,21H2,1-5H3,(H,29,33)/t26-/m0/s1. The van der Waals surface area contributed by atoms with E-state index >= 15 is 0 Å². The van der Waals surface area contributed by atoms with Crippen LogP contribution in [0.2, 0.25) is 0 Å². The fourth-order valence-corrected chi connectivity index (χ4v) is 5.12. The molecule has 2 rings (SSSR count). The Labute approximate surface area is 227 Å². The quantitative estimate of drug-likeness (QED) is 0.319. The lowest BCUT2D eigenvalue weighted by Crippen LogP contribution is -2.49. The molecule has 0 saturated carbocycles. The van der Waals surface area contributed by atoms with Crippen molar-refractivity contribution in [2.45, 2.75) is 58.5 Å². The molecule has 2 aromatic carbocycles. The first-order valence-corrected chi connectivity index (χ1v) is 14.8. The van der Waals surface area contributed by atoms with Gasteiger partial charge < -0.3 is 19.7 Å². The number of carbonyl (C=O) groups is 2. The Hall–Kier alpha value is -3.27. The molecular formula is C28H41N3O6S. The summed E-state index contributed by atoms with van der Waals surface area (Å²) in [6, 6.07) is 13.5. The second-order valence-electron chi connectivity index (χ2n) is 9.08. The number of carbonyl (C=O) groups excluding carboxylic acids is 2. The predicted octanol–water partition coefficient (Wildman–Crippen LogP) is 3.97. The molecule has 0 aliphatic heterocycles. The van der Waals surface area contributed by atoms with E-state index in [0.717, 1.165) is 24.7 Å². The van der Waals surface area contributed by atoms with E-state index < -0.39 is 16.1 Å². The molecule has 38 heavy (non-hydrogen) atoms. The van der Waals surface area contributed by atoms with Crippen molar-refractivity contribution in [3.8, 4) is 11.5 Å². The minimum atomic E-state index is -3.59. The summed E-state index contributed by atoms with van der Waals surface area (Å²) in [4.78, 5) is 28.2. The summed E-state index contributed by atoms with van der Waals surface area (Å²) in [7, 11) is -0.497. The number of nitrogens with zero attached hydrogens (tertiary/aromatic N) is 2. The number of ether oxygens (including phenoxy) is 2. The fourth-order valence-electron chi connectivity index (χ4n) is 4.16. The smallest absolute Gasteiger partial charge is 0.242 e. The Morgan fingerprint density at radius 3 is 2.24 bits per heavy atom. The zero-order valence-electron chi connectivity index (χ0n) is 23.1. The highest BCUT2D eigenvalue weighted by Gasteiger charge is 2.29. The van der Waals surface area contributed by atoms with E-state index in [2.05, 4.69) is 5.32 Å². The highest BCUT2D eigenvalue weighted by atomic mass is 32.2. The van der Waals surface area contributed by atoms with Crippen LogP contribution in [0.1, 0.15) is 51.5 Å². The normalized spacial score (nSPS) is 11.9. The van der Waals surface area contributed by atoms with Gasteiger partial charge in [0.1, 0.15) is 17.5 Å². The molecular weight excluding hydrogens is 506 g/mol. The van der Waals surface area contributed by atoms with Gasteiger partial charge in [0, 0.05) is 32.1 Å². The van der Waals surface area contributed by atoms with Crippen LogP contribution in [0.4, 0.5) is 5.69 Å². The molecule has 1 atom stereocenters. The molecule has 0 aliphatic rings. The zero-order chi connectivity index (χ0) is 28.1. The van der Waals surface area contributed by atoms with Gasteiger partial charge in [0.25, 0.3) is 0 Å². The molecule has 0 aliphatic carbocycles. The van der Waals surface area contributed by atoms with Gasteiger partial charge in [0.05, 0.1) is 26.2 Å². The first-order chi connectivity index (χ1) is 18.1. The van der Waals surface area contributed by atoms with Crippen LogP contribution >= 0.6 is 0 Å². The lowest BCUT2D eigenvalue weighted by atomic mass is 10.1. The largest absolute Gasteiger partial charge is 0.497 e. The summed E-state index contributed by atoms with van der Waals surface area (Å²) in [5.41, 5.74) is 1.31. The average molecular weight is 548 g/mol. The molecule has 1 N–H and O–H groups in total. The number of hydrogen-bond donors (Lipinski definition) is 1. The summed E-state index contributed by atoms with van der Waals surface area (Å²) in [5.74, 6) is 0.796. The first-order valence-electron chi connectivity index (χ1n) is 13.0. The first kappa shape index (κ1) is 31.0. The molecule has 9 nitrogen and oxygen atoms in total. The Morgan fingerprint density at radius 2 is 1.63 bits per heavy atom. The average Bonchev–Trinajstić information content (AvgIpc) is 2.90. The second-order valence-corrected chi connectivity index (χ2v) is 11.0. The van der Waals surface area contributed by atoms with Gasteiger partial charge in [0.15, 0.2) is 0 Å². The minimum absolute atomic E-state index is 0.0820. The maximum absolute atomic E-state index is 13.5. The third-order valence-electron chi connectivity index (χ3n) is 6.20. The van der Waals surface area contributed by atoms with Crippen LogP contribution in [-0.2, 0) is 26.2 Å².